The molecule has 1 saturated carbocycles. The molecule has 0 unspecified atom stereocenters. The minimum absolute atomic E-state index is 0.344. The summed E-state index contributed by atoms with van der Waals surface area (Å²) < 4.78 is 12.9. The maximum Gasteiger partial charge on any atom is 0.125 e. The van der Waals surface area contributed by atoms with E-state index in [1.54, 1.807) is 6.07 Å². The normalized spacial score (nSPS) is 28.1. The Morgan fingerprint density at radius 1 is 1.44 bits per heavy atom. The topological polar surface area (TPSA) is 58.3 Å². The second-order valence-corrected chi connectivity index (χ2v) is 5.49. The van der Waals surface area contributed by atoms with Gasteiger partial charge in [-0.15, -0.1) is 0 Å². The Kier molecular flexibility index (Phi) is 3.76. The fraction of sp³-hybridized carbons (Fsp3) is 0.571. The highest BCUT2D eigenvalue weighted by atomic mass is 19.1. The Hall–Kier alpha value is -1.29. The summed E-state index contributed by atoms with van der Waals surface area (Å²) in [5.74, 6) is 0.351. The summed E-state index contributed by atoms with van der Waals surface area (Å²) in [7, 11) is 0. The van der Waals surface area contributed by atoms with Gasteiger partial charge in [-0.1, -0.05) is 6.92 Å². The van der Waals surface area contributed by atoms with E-state index in [0.29, 0.717) is 23.8 Å². The molecular weight excluding hydrogens is 231 g/mol. The Labute approximate surface area is 107 Å². The molecule has 0 spiro atoms. The van der Waals surface area contributed by atoms with E-state index in [1.165, 1.54) is 12.1 Å². The standard InChI is InChI=1S/C14H21FN2O/c1-10-4-6-14(18,7-5-10)9-17-13-3-2-11(15)8-12(13)16/h2-3,8,10,17-18H,4-7,9,16H2,1H3. The first kappa shape index (κ1) is 13.1. The predicted octanol–water partition coefficient (Wildman–Crippen LogP) is 2.76. The van der Waals surface area contributed by atoms with E-state index < -0.39 is 5.60 Å². The van der Waals surface area contributed by atoms with E-state index in [-0.39, 0.29) is 5.82 Å². The molecule has 1 fully saturated rings. The van der Waals surface area contributed by atoms with Gasteiger partial charge in [0.15, 0.2) is 0 Å². The van der Waals surface area contributed by atoms with Crippen LogP contribution in [0.5, 0.6) is 0 Å². The average Bonchev–Trinajstić information content (AvgIpc) is 2.32. The molecule has 0 amide bonds. The van der Waals surface area contributed by atoms with Gasteiger partial charge in [-0.3, -0.25) is 0 Å². The molecule has 1 aliphatic carbocycles. The van der Waals surface area contributed by atoms with Crippen molar-refractivity contribution in [2.75, 3.05) is 17.6 Å². The molecule has 0 aliphatic heterocycles. The van der Waals surface area contributed by atoms with Gasteiger partial charge in [0.25, 0.3) is 0 Å². The van der Waals surface area contributed by atoms with Crippen molar-refractivity contribution in [3.63, 3.8) is 0 Å². The third-order valence-corrected chi connectivity index (χ3v) is 3.83. The van der Waals surface area contributed by atoms with Crippen LogP contribution in [0.2, 0.25) is 0 Å². The summed E-state index contributed by atoms with van der Waals surface area (Å²) in [5, 5.41) is 13.5. The van der Waals surface area contributed by atoms with Crippen LogP contribution in [-0.2, 0) is 0 Å². The second kappa shape index (κ2) is 5.14. The third kappa shape index (κ3) is 3.13. The zero-order chi connectivity index (χ0) is 13.2. The minimum Gasteiger partial charge on any atom is -0.397 e. The summed E-state index contributed by atoms with van der Waals surface area (Å²) in [6.45, 7) is 2.68. The zero-order valence-corrected chi connectivity index (χ0v) is 10.7. The van der Waals surface area contributed by atoms with Gasteiger partial charge in [0.2, 0.25) is 0 Å². The van der Waals surface area contributed by atoms with Crippen molar-refractivity contribution < 1.29 is 9.50 Å². The van der Waals surface area contributed by atoms with Crippen LogP contribution >= 0.6 is 0 Å². The van der Waals surface area contributed by atoms with Gasteiger partial charge in [0.05, 0.1) is 17.0 Å². The van der Waals surface area contributed by atoms with Gasteiger partial charge in [0, 0.05) is 6.54 Å². The number of nitrogens with one attached hydrogen (secondary N) is 1. The fourth-order valence-corrected chi connectivity index (χ4v) is 2.43. The SMILES string of the molecule is CC1CCC(O)(CNc2ccc(F)cc2N)CC1. The molecular formula is C14H21FN2O. The highest BCUT2D eigenvalue weighted by Gasteiger charge is 2.31. The lowest BCUT2D eigenvalue weighted by molar-refractivity contribution is 0.00502. The Balaban J connectivity index is 1.94. The number of rotatable bonds is 3. The molecule has 0 heterocycles. The first-order chi connectivity index (χ1) is 8.48. The lowest BCUT2D eigenvalue weighted by atomic mass is 9.79. The van der Waals surface area contributed by atoms with Gasteiger partial charge in [-0.25, -0.2) is 4.39 Å². The van der Waals surface area contributed by atoms with Crippen molar-refractivity contribution in [2.45, 2.75) is 38.2 Å². The van der Waals surface area contributed by atoms with Gasteiger partial charge < -0.3 is 16.2 Å². The van der Waals surface area contributed by atoms with Crippen LogP contribution in [0.25, 0.3) is 0 Å². The van der Waals surface area contributed by atoms with Gasteiger partial charge in [-0.2, -0.15) is 0 Å². The number of aliphatic hydroxyl groups is 1. The summed E-state index contributed by atoms with van der Waals surface area (Å²) >= 11 is 0. The summed E-state index contributed by atoms with van der Waals surface area (Å²) in [6.07, 6.45) is 3.72. The van der Waals surface area contributed by atoms with Crippen LogP contribution in [0.4, 0.5) is 15.8 Å². The van der Waals surface area contributed by atoms with Gasteiger partial charge in [-0.05, 0) is 49.8 Å². The number of halogens is 1. The number of hydrogen-bond donors (Lipinski definition) is 3. The van der Waals surface area contributed by atoms with E-state index in [2.05, 4.69) is 12.2 Å². The maximum absolute atomic E-state index is 12.9. The van der Waals surface area contributed by atoms with Crippen molar-refractivity contribution in [1.82, 2.24) is 0 Å². The zero-order valence-electron chi connectivity index (χ0n) is 10.7. The number of nitrogen functional groups attached to an aromatic ring is 1. The highest BCUT2D eigenvalue weighted by molar-refractivity contribution is 5.65. The lowest BCUT2D eigenvalue weighted by Gasteiger charge is -2.35. The quantitative estimate of drug-likeness (QED) is 0.725. The molecule has 1 aliphatic rings. The largest absolute Gasteiger partial charge is 0.397 e. The minimum atomic E-state index is -0.659. The second-order valence-electron chi connectivity index (χ2n) is 5.49. The molecule has 0 saturated heterocycles. The Morgan fingerprint density at radius 3 is 2.72 bits per heavy atom. The van der Waals surface area contributed by atoms with Crippen LogP contribution in [0.3, 0.4) is 0 Å². The predicted molar refractivity (Wildman–Crippen MR) is 71.9 cm³/mol. The average molecular weight is 252 g/mol. The van der Waals surface area contributed by atoms with Crippen LogP contribution in [0.1, 0.15) is 32.6 Å². The Bertz CT molecular complexity index is 414. The summed E-state index contributed by atoms with van der Waals surface area (Å²) in [4.78, 5) is 0. The van der Waals surface area contributed by atoms with E-state index in [0.717, 1.165) is 25.7 Å². The van der Waals surface area contributed by atoms with Crippen molar-refractivity contribution >= 4 is 11.4 Å². The molecule has 3 nitrogen and oxygen atoms in total. The molecule has 1 aromatic carbocycles. The molecule has 18 heavy (non-hydrogen) atoms. The number of nitrogens with two attached hydrogens (primary N) is 1. The van der Waals surface area contributed by atoms with Gasteiger partial charge >= 0.3 is 0 Å². The lowest BCUT2D eigenvalue weighted by Crippen LogP contribution is -2.40. The molecule has 0 atom stereocenters. The van der Waals surface area contributed by atoms with E-state index >= 15 is 0 Å². The van der Waals surface area contributed by atoms with Crippen LogP contribution < -0.4 is 11.1 Å². The van der Waals surface area contributed by atoms with Crippen molar-refractivity contribution in [3.05, 3.63) is 24.0 Å². The molecule has 0 radical (unpaired) electrons. The summed E-state index contributed by atoms with van der Waals surface area (Å²) in [6, 6.07) is 4.26. The maximum atomic E-state index is 12.9. The molecule has 4 heteroatoms. The van der Waals surface area contributed by atoms with Crippen molar-refractivity contribution in [2.24, 2.45) is 5.92 Å². The first-order valence-electron chi connectivity index (χ1n) is 6.50. The van der Waals surface area contributed by atoms with Gasteiger partial charge in [0.1, 0.15) is 5.82 Å². The molecule has 100 valence electrons. The fourth-order valence-electron chi connectivity index (χ4n) is 2.43. The van der Waals surface area contributed by atoms with Crippen LogP contribution in [0, 0.1) is 11.7 Å². The van der Waals surface area contributed by atoms with E-state index in [4.69, 9.17) is 5.73 Å². The third-order valence-electron chi connectivity index (χ3n) is 3.83. The molecule has 2 rings (SSSR count). The molecule has 4 N–H and O–H groups in total. The first-order valence-corrected chi connectivity index (χ1v) is 6.50. The van der Waals surface area contributed by atoms with Crippen molar-refractivity contribution in [3.8, 4) is 0 Å². The monoisotopic (exact) mass is 252 g/mol. The molecule has 1 aromatic rings. The molecule has 0 aromatic heterocycles. The van der Waals surface area contributed by atoms with E-state index in [9.17, 15) is 9.50 Å². The Morgan fingerprint density at radius 2 is 2.11 bits per heavy atom. The van der Waals surface area contributed by atoms with Crippen LogP contribution in [0.15, 0.2) is 18.2 Å². The van der Waals surface area contributed by atoms with E-state index in [1.807, 2.05) is 0 Å². The number of hydrogen-bond acceptors (Lipinski definition) is 3. The molecule has 0 bridgehead atoms. The highest BCUT2D eigenvalue weighted by Crippen LogP contribution is 2.32. The summed E-state index contributed by atoms with van der Waals surface area (Å²) in [5.41, 5.74) is 6.12. The smallest absolute Gasteiger partial charge is 0.125 e. The number of benzene rings is 1. The van der Waals surface area contributed by atoms with Crippen molar-refractivity contribution in [1.29, 1.82) is 0 Å². The number of anilines is 2. The van der Waals surface area contributed by atoms with Crippen LogP contribution in [-0.4, -0.2) is 17.3 Å².